The highest BCUT2D eigenvalue weighted by Crippen LogP contribution is 2.32. The molecule has 2 aromatic rings. The second kappa shape index (κ2) is 7.54. The molecule has 0 atom stereocenters. The third-order valence-corrected chi connectivity index (χ3v) is 4.34. The molecule has 0 bridgehead atoms. The molecule has 0 unspecified atom stereocenters. The van der Waals surface area contributed by atoms with Gasteiger partial charge in [0.05, 0.1) is 22.9 Å². The summed E-state index contributed by atoms with van der Waals surface area (Å²) in [5, 5.41) is 15.4. The fraction of sp³-hybridized carbons (Fsp3) is 0.235. The third kappa shape index (κ3) is 4.49. The van der Waals surface area contributed by atoms with Crippen molar-refractivity contribution in [3.05, 3.63) is 42.0 Å². The molecule has 0 amide bonds. The number of aromatic hydroxyl groups is 1. The first-order valence-electron chi connectivity index (χ1n) is 7.57. The highest BCUT2D eigenvalue weighted by atomic mass is 32.2. The van der Waals surface area contributed by atoms with Crippen LogP contribution < -0.4 is 14.8 Å². The number of hydrogen-bond donors (Lipinski definition) is 2. The number of nitrogens with zero attached hydrogens (tertiary/aromatic N) is 2. The van der Waals surface area contributed by atoms with Crippen LogP contribution in [0.15, 0.2) is 46.3 Å². The predicted octanol–water partition coefficient (Wildman–Crippen LogP) is 2.25. The van der Waals surface area contributed by atoms with Crippen LogP contribution in [0.4, 0.5) is 11.4 Å². The summed E-state index contributed by atoms with van der Waals surface area (Å²) in [4.78, 5) is 6.10. The number of sulfonamides is 1. The van der Waals surface area contributed by atoms with Crippen molar-refractivity contribution < 1.29 is 18.3 Å². The molecule has 0 heterocycles. The minimum Gasteiger partial charge on any atom is -0.504 e. The Morgan fingerprint density at radius 2 is 2.00 bits per heavy atom. The molecule has 0 aromatic heterocycles. The van der Waals surface area contributed by atoms with Crippen LogP contribution in [0.5, 0.6) is 11.5 Å². The minimum atomic E-state index is -3.83. The Kier molecular flexibility index (Phi) is 5.66. The van der Waals surface area contributed by atoms with Crippen molar-refractivity contribution in [2.24, 2.45) is 10.1 Å². The monoisotopic (exact) mass is 363 g/mol. The highest BCUT2D eigenvalue weighted by Gasteiger charge is 2.12. The predicted molar refractivity (Wildman–Crippen MR) is 98.7 cm³/mol. The lowest BCUT2D eigenvalue weighted by molar-refractivity contribution is 0.318. The number of hydrogen-bond acceptors (Lipinski definition) is 6. The SMILES string of the molecule is CCOc1cccc(C=Nc2cc(S(N)(=O)=O)ccc2N(C)C)c1O. The van der Waals surface area contributed by atoms with Crippen molar-refractivity contribution in [1.82, 2.24) is 0 Å². The molecule has 8 heteroatoms. The van der Waals surface area contributed by atoms with E-state index in [-0.39, 0.29) is 10.6 Å². The van der Waals surface area contributed by atoms with Gasteiger partial charge in [-0.1, -0.05) is 6.07 Å². The number of nitrogens with two attached hydrogens (primary N) is 1. The molecular weight excluding hydrogens is 342 g/mol. The standard InChI is InChI=1S/C17H21N3O4S/c1-4-24-16-7-5-6-12(17(16)21)11-19-14-10-13(25(18,22)23)8-9-15(14)20(2)3/h5-11,21H,4H2,1-3H3,(H2,18,22,23). The molecule has 0 aliphatic heterocycles. The number of anilines is 1. The van der Waals surface area contributed by atoms with Crippen LogP contribution in [-0.4, -0.2) is 40.4 Å². The first-order valence-corrected chi connectivity index (χ1v) is 9.11. The van der Waals surface area contributed by atoms with Gasteiger partial charge in [0, 0.05) is 25.9 Å². The Morgan fingerprint density at radius 1 is 1.28 bits per heavy atom. The summed E-state index contributed by atoms with van der Waals surface area (Å²) in [5.74, 6) is 0.333. The van der Waals surface area contributed by atoms with E-state index in [1.54, 1.807) is 29.2 Å². The van der Waals surface area contributed by atoms with Gasteiger partial charge in [0.1, 0.15) is 0 Å². The molecule has 2 aromatic carbocycles. The fourth-order valence-corrected chi connectivity index (χ4v) is 2.75. The largest absolute Gasteiger partial charge is 0.504 e. The van der Waals surface area contributed by atoms with Crippen molar-refractivity contribution >= 4 is 27.6 Å². The topological polar surface area (TPSA) is 105 Å². The Morgan fingerprint density at radius 3 is 2.60 bits per heavy atom. The lowest BCUT2D eigenvalue weighted by atomic mass is 10.2. The summed E-state index contributed by atoms with van der Waals surface area (Å²) in [6.07, 6.45) is 1.45. The van der Waals surface area contributed by atoms with E-state index in [2.05, 4.69) is 4.99 Å². The first-order chi connectivity index (χ1) is 11.7. The van der Waals surface area contributed by atoms with Gasteiger partial charge in [-0.15, -0.1) is 0 Å². The Bertz CT molecular complexity index is 893. The molecule has 25 heavy (non-hydrogen) atoms. The Balaban J connectivity index is 2.48. The van der Waals surface area contributed by atoms with Gasteiger partial charge in [-0.3, -0.25) is 4.99 Å². The van der Waals surface area contributed by atoms with Gasteiger partial charge in [0.2, 0.25) is 10.0 Å². The van der Waals surface area contributed by atoms with Crippen LogP contribution in [0.3, 0.4) is 0 Å². The molecular formula is C17H21N3O4S. The van der Waals surface area contributed by atoms with Crippen LogP contribution in [0.2, 0.25) is 0 Å². The Labute approximate surface area is 147 Å². The van der Waals surface area contributed by atoms with Gasteiger partial charge in [-0.05, 0) is 37.3 Å². The number of para-hydroxylation sites is 1. The molecule has 0 spiro atoms. The average molecular weight is 363 g/mol. The van der Waals surface area contributed by atoms with Gasteiger partial charge in [-0.25, -0.2) is 13.6 Å². The van der Waals surface area contributed by atoms with E-state index >= 15 is 0 Å². The molecule has 0 saturated carbocycles. The third-order valence-electron chi connectivity index (χ3n) is 3.43. The number of aliphatic imine (C=N–C) groups is 1. The van der Waals surface area contributed by atoms with Crippen molar-refractivity contribution in [2.75, 3.05) is 25.6 Å². The van der Waals surface area contributed by atoms with Gasteiger partial charge in [-0.2, -0.15) is 0 Å². The zero-order valence-electron chi connectivity index (χ0n) is 14.3. The van der Waals surface area contributed by atoms with E-state index in [4.69, 9.17) is 9.88 Å². The van der Waals surface area contributed by atoms with Crippen molar-refractivity contribution in [3.8, 4) is 11.5 Å². The lowest BCUT2D eigenvalue weighted by Crippen LogP contribution is -2.13. The second-order valence-corrected chi connectivity index (χ2v) is 7.04. The average Bonchev–Trinajstić information content (AvgIpc) is 2.54. The maximum atomic E-state index is 11.6. The van der Waals surface area contributed by atoms with E-state index in [0.29, 0.717) is 29.3 Å². The van der Waals surface area contributed by atoms with Crippen LogP contribution in [0, 0.1) is 0 Å². The molecule has 0 aliphatic rings. The smallest absolute Gasteiger partial charge is 0.238 e. The van der Waals surface area contributed by atoms with Gasteiger partial charge in [0.25, 0.3) is 0 Å². The molecule has 0 fully saturated rings. The van der Waals surface area contributed by atoms with Crippen LogP contribution in [0.1, 0.15) is 12.5 Å². The number of benzene rings is 2. The maximum absolute atomic E-state index is 11.6. The quantitative estimate of drug-likeness (QED) is 0.766. The number of ether oxygens (including phenoxy) is 1. The molecule has 2 rings (SSSR count). The molecule has 3 N–H and O–H groups in total. The van der Waals surface area contributed by atoms with Crippen LogP contribution in [0.25, 0.3) is 0 Å². The number of phenols is 1. The Hall–Kier alpha value is -2.58. The van der Waals surface area contributed by atoms with E-state index in [1.165, 1.54) is 18.3 Å². The van der Waals surface area contributed by atoms with E-state index < -0.39 is 10.0 Å². The van der Waals surface area contributed by atoms with E-state index in [1.807, 2.05) is 21.0 Å². The summed E-state index contributed by atoms with van der Waals surface area (Å²) in [6.45, 7) is 2.25. The maximum Gasteiger partial charge on any atom is 0.238 e. The molecule has 134 valence electrons. The minimum absolute atomic E-state index is 0.0258. The zero-order valence-corrected chi connectivity index (χ0v) is 15.1. The molecule has 0 saturated heterocycles. The number of primary sulfonamides is 1. The summed E-state index contributed by atoms with van der Waals surface area (Å²) < 4.78 is 28.5. The van der Waals surface area contributed by atoms with E-state index in [9.17, 15) is 13.5 Å². The molecule has 7 nitrogen and oxygen atoms in total. The number of phenolic OH excluding ortho intramolecular Hbond substituents is 1. The summed E-state index contributed by atoms with van der Waals surface area (Å²) in [6, 6.07) is 9.52. The van der Waals surface area contributed by atoms with Crippen molar-refractivity contribution in [2.45, 2.75) is 11.8 Å². The lowest BCUT2D eigenvalue weighted by Gasteiger charge is -2.15. The van der Waals surface area contributed by atoms with E-state index in [0.717, 1.165) is 0 Å². The number of rotatable bonds is 6. The van der Waals surface area contributed by atoms with Gasteiger partial charge in [0.15, 0.2) is 11.5 Å². The molecule has 0 aliphatic carbocycles. The summed E-state index contributed by atoms with van der Waals surface area (Å²) >= 11 is 0. The fourth-order valence-electron chi connectivity index (χ4n) is 2.22. The van der Waals surface area contributed by atoms with Gasteiger partial charge < -0.3 is 14.7 Å². The van der Waals surface area contributed by atoms with Gasteiger partial charge >= 0.3 is 0 Å². The summed E-state index contributed by atoms with van der Waals surface area (Å²) in [5.41, 5.74) is 1.58. The summed E-state index contributed by atoms with van der Waals surface area (Å²) in [7, 11) is -0.200. The first kappa shape index (κ1) is 18.8. The normalized spacial score (nSPS) is 11.7. The zero-order chi connectivity index (χ0) is 18.6. The van der Waals surface area contributed by atoms with Crippen LogP contribution in [-0.2, 0) is 10.0 Å². The second-order valence-electron chi connectivity index (χ2n) is 5.48. The highest BCUT2D eigenvalue weighted by molar-refractivity contribution is 7.89. The van der Waals surface area contributed by atoms with Crippen molar-refractivity contribution in [1.29, 1.82) is 0 Å². The van der Waals surface area contributed by atoms with Crippen molar-refractivity contribution in [3.63, 3.8) is 0 Å². The molecule has 0 radical (unpaired) electrons. The van der Waals surface area contributed by atoms with Crippen LogP contribution >= 0.6 is 0 Å².